The van der Waals surface area contributed by atoms with E-state index >= 15 is 0 Å². The number of halogens is 2. The lowest BCUT2D eigenvalue weighted by atomic mass is 10.5. The molecule has 0 rings (SSSR count). The molecule has 10 heavy (non-hydrogen) atoms. The molecule has 1 N–H and O–H groups in total. The first kappa shape index (κ1) is 9.77. The lowest BCUT2D eigenvalue weighted by molar-refractivity contribution is 0.232. The van der Waals surface area contributed by atoms with Crippen LogP contribution in [0.1, 0.15) is 6.42 Å². The van der Waals surface area contributed by atoms with Gasteiger partial charge in [-0.3, -0.25) is 0 Å². The average Bonchev–Trinajstić information content (AvgIpc) is 1.84. The van der Waals surface area contributed by atoms with Crippen molar-refractivity contribution in [2.45, 2.75) is 12.2 Å². The Morgan fingerprint density at radius 1 is 1.50 bits per heavy atom. The third kappa shape index (κ3) is 3.07. The number of hydrogen-bond donors (Lipinski definition) is 1. The Balaban J connectivity index is 3.90. The van der Waals surface area contributed by atoms with Crippen molar-refractivity contribution >= 4 is 10.0 Å². The highest BCUT2D eigenvalue weighted by Crippen LogP contribution is 2.00. The third-order valence-corrected chi connectivity index (χ3v) is 1.79. The first-order valence-corrected chi connectivity index (χ1v) is 4.11. The van der Waals surface area contributed by atoms with Gasteiger partial charge in [0.2, 0.25) is 0 Å². The van der Waals surface area contributed by atoms with Gasteiger partial charge in [-0.15, -0.1) is 0 Å². The van der Waals surface area contributed by atoms with Crippen LogP contribution in [0.15, 0.2) is 0 Å². The van der Waals surface area contributed by atoms with Crippen LogP contribution in [-0.2, 0) is 10.0 Å². The van der Waals surface area contributed by atoms with Gasteiger partial charge < -0.3 is 0 Å². The van der Waals surface area contributed by atoms with Gasteiger partial charge in [-0.2, -0.15) is 8.78 Å². The van der Waals surface area contributed by atoms with Crippen LogP contribution in [0, 0.1) is 6.92 Å². The summed E-state index contributed by atoms with van der Waals surface area (Å²) in [6.07, 6.45) is 0.256. The average molecular weight is 172 g/mol. The van der Waals surface area contributed by atoms with Crippen molar-refractivity contribution in [2.24, 2.45) is 0 Å². The zero-order chi connectivity index (χ0) is 8.20. The largest absolute Gasteiger partial charge is 0.350 e. The molecule has 0 aromatic heterocycles. The van der Waals surface area contributed by atoms with Gasteiger partial charge in [0.15, 0.2) is 0 Å². The van der Waals surface area contributed by atoms with Gasteiger partial charge in [-0.05, 0) is 6.42 Å². The number of hydrogen-bond acceptors (Lipinski definition) is 2. The molecular weight excluding hydrogens is 164 g/mol. The Bertz CT molecular complexity index is 178. The molecule has 0 atom stereocenters. The Morgan fingerprint density at radius 2 is 2.00 bits per heavy atom. The summed E-state index contributed by atoms with van der Waals surface area (Å²) in [5.74, 6) is -3.35. The quantitative estimate of drug-likeness (QED) is 0.665. The maximum atomic E-state index is 11.5. The van der Waals surface area contributed by atoms with Crippen LogP contribution in [0.2, 0.25) is 0 Å². The van der Waals surface area contributed by atoms with Crippen LogP contribution in [0.3, 0.4) is 0 Å². The van der Waals surface area contributed by atoms with Crippen molar-refractivity contribution in [1.29, 1.82) is 0 Å². The molecule has 3 nitrogen and oxygen atoms in total. The van der Waals surface area contributed by atoms with E-state index in [1.165, 1.54) is 0 Å². The van der Waals surface area contributed by atoms with E-state index < -0.39 is 15.8 Å². The molecule has 61 valence electrons. The maximum Gasteiger partial charge on any atom is 0.350 e. The molecule has 0 aliphatic carbocycles. The van der Waals surface area contributed by atoms with Crippen LogP contribution >= 0.6 is 0 Å². The second-order valence-electron chi connectivity index (χ2n) is 1.55. The van der Waals surface area contributed by atoms with E-state index in [9.17, 15) is 17.2 Å². The molecular formula is C4H8F2NO2S. The van der Waals surface area contributed by atoms with Crippen molar-refractivity contribution in [3.8, 4) is 0 Å². The molecule has 6 heteroatoms. The fraction of sp³-hybridized carbons (Fsp3) is 0.750. The predicted molar refractivity (Wildman–Crippen MR) is 32.9 cm³/mol. The number of alkyl halides is 2. The monoisotopic (exact) mass is 172 g/mol. The molecule has 0 aliphatic rings. The smallest absolute Gasteiger partial charge is 0.210 e. The van der Waals surface area contributed by atoms with Gasteiger partial charge in [0.1, 0.15) is 0 Å². The van der Waals surface area contributed by atoms with E-state index in [1.54, 1.807) is 4.72 Å². The highest BCUT2D eigenvalue weighted by atomic mass is 32.2. The Kier molecular flexibility index (Phi) is 3.73. The fourth-order valence-electron chi connectivity index (χ4n) is 0.277. The minimum Gasteiger partial charge on any atom is -0.210 e. The van der Waals surface area contributed by atoms with E-state index in [2.05, 4.69) is 6.92 Å². The highest BCUT2D eigenvalue weighted by Gasteiger charge is 2.21. The SMILES string of the molecule is [CH2]CCNS(=O)(=O)C(F)F. The third-order valence-electron chi connectivity index (χ3n) is 0.715. The second kappa shape index (κ2) is 3.82. The number of nitrogens with one attached hydrogen (secondary N) is 1. The van der Waals surface area contributed by atoms with E-state index in [0.29, 0.717) is 0 Å². The molecule has 0 spiro atoms. The summed E-state index contributed by atoms with van der Waals surface area (Å²) in [5, 5.41) is 0. The van der Waals surface area contributed by atoms with E-state index in [-0.39, 0.29) is 13.0 Å². The Labute approximate surface area is 58.5 Å². The summed E-state index contributed by atoms with van der Waals surface area (Å²) in [7, 11) is -4.38. The van der Waals surface area contributed by atoms with Crippen LogP contribution in [0.5, 0.6) is 0 Å². The summed E-state index contributed by atoms with van der Waals surface area (Å²) < 4.78 is 45.0. The first-order valence-electron chi connectivity index (χ1n) is 2.56. The highest BCUT2D eigenvalue weighted by molar-refractivity contribution is 7.89. The summed E-state index contributed by atoms with van der Waals surface area (Å²) in [4.78, 5) is 0. The zero-order valence-corrected chi connectivity index (χ0v) is 6.00. The summed E-state index contributed by atoms with van der Waals surface area (Å²) in [6, 6.07) is 0. The molecule has 0 bridgehead atoms. The van der Waals surface area contributed by atoms with E-state index in [0.717, 1.165) is 0 Å². The number of rotatable bonds is 4. The van der Waals surface area contributed by atoms with Gasteiger partial charge in [0, 0.05) is 6.54 Å². The molecule has 0 aromatic carbocycles. The number of sulfonamides is 1. The fourth-order valence-corrected chi connectivity index (χ4v) is 0.832. The molecule has 1 radical (unpaired) electrons. The molecule has 0 aliphatic heterocycles. The van der Waals surface area contributed by atoms with Crippen LogP contribution in [0.25, 0.3) is 0 Å². The van der Waals surface area contributed by atoms with Crippen molar-refractivity contribution in [1.82, 2.24) is 4.72 Å². The minimum absolute atomic E-state index is 0.0489. The van der Waals surface area contributed by atoms with Crippen molar-refractivity contribution < 1.29 is 17.2 Å². The maximum absolute atomic E-state index is 11.5. The lowest BCUT2D eigenvalue weighted by Crippen LogP contribution is -2.29. The summed E-state index contributed by atoms with van der Waals surface area (Å²) in [6.45, 7) is 3.23. The molecule has 0 amide bonds. The molecule has 0 unspecified atom stereocenters. The van der Waals surface area contributed by atoms with Crippen LogP contribution in [0.4, 0.5) is 8.78 Å². The van der Waals surface area contributed by atoms with Gasteiger partial charge >= 0.3 is 5.76 Å². The van der Waals surface area contributed by atoms with Crippen molar-refractivity contribution in [3.05, 3.63) is 6.92 Å². The second-order valence-corrected chi connectivity index (χ2v) is 3.29. The van der Waals surface area contributed by atoms with E-state index in [4.69, 9.17) is 0 Å². The summed E-state index contributed by atoms with van der Waals surface area (Å²) in [5.41, 5.74) is 0. The summed E-state index contributed by atoms with van der Waals surface area (Å²) >= 11 is 0. The molecule has 0 fully saturated rings. The minimum atomic E-state index is -4.38. The molecule has 0 saturated heterocycles. The predicted octanol–water partition coefficient (Wildman–Crippen LogP) is 0.353. The standard InChI is InChI=1S/C4H8F2NO2S/c1-2-3-7-10(8,9)4(5)6/h4,7H,1-3H2. The zero-order valence-electron chi connectivity index (χ0n) is 5.18. The normalized spacial score (nSPS) is 12.4. The van der Waals surface area contributed by atoms with Gasteiger partial charge in [-0.25, -0.2) is 13.1 Å². The topological polar surface area (TPSA) is 46.2 Å². The van der Waals surface area contributed by atoms with Crippen molar-refractivity contribution in [3.63, 3.8) is 0 Å². The Hall–Kier alpha value is -0.230. The Morgan fingerprint density at radius 3 is 2.30 bits per heavy atom. The molecule has 0 aromatic rings. The van der Waals surface area contributed by atoms with Gasteiger partial charge in [0.05, 0.1) is 0 Å². The lowest BCUT2D eigenvalue weighted by Gasteiger charge is -2.01. The van der Waals surface area contributed by atoms with Gasteiger partial charge in [-0.1, -0.05) is 6.92 Å². The first-order chi connectivity index (χ1) is 4.50. The molecule has 0 saturated carbocycles. The molecule has 0 heterocycles. The van der Waals surface area contributed by atoms with E-state index in [1.807, 2.05) is 0 Å². The van der Waals surface area contributed by atoms with Crippen LogP contribution < -0.4 is 4.72 Å². The van der Waals surface area contributed by atoms with Crippen molar-refractivity contribution in [2.75, 3.05) is 6.54 Å². The van der Waals surface area contributed by atoms with Gasteiger partial charge in [0.25, 0.3) is 10.0 Å². The van der Waals surface area contributed by atoms with Crippen LogP contribution in [-0.4, -0.2) is 20.7 Å².